The van der Waals surface area contributed by atoms with Crippen LogP contribution in [0, 0.1) is 17.1 Å². The van der Waals surface area contributed by atoms with E-state index >= 15 is 0 Å². The first-order valence-corrected chi connectivity index (χ1v) is 8.03. The summed E-state index contributed by atoms with van der Waals surface area (Å²) >= 11 is 0. The van der Waals surface area contributed by atoms with Crippen LogP contribution in [-0.2, 0) is 11.8 Å². The standard InChI is InChI=1S/C18H14F4N4O3/c1-9(18(20,21)22)24-17(29)15(27)14-6-11(8-26(14)2)16(28)25-12-3-4-13(19)10(5-12)7-23/h3-6,8-9H,1-2H3,(H,24,29)(H,25,28). The molecule has 11 heteroatoms. The molecule has 0 radical (unpaired) electrons. The molecule has 2 rings (SSSR count). The Hall–Kier alpha value is -3.68. The number of aryl methyl sites for hydroxylation is 1. The number of ketones is 1. The van der Waals surface area contributed by atoms with Gasteiger partial charge in [-0.25, -0.2) is 4.39 Å². The van der Waals surface area contributed by atoms with Crippen molar-refractivity contribution < 1.29 is 31.9 Å². The zero-order chi connectivity index (χ0) is 21.9. The third-order valence-corrected chi connectivity index (χ3v) is 3.89. The molecule has 2 amide bonds. The van der Waals surface area contributed by atoms with Crippen LogP contribution in [0.25, 0.3) is 0 Å². The van der Waals surface area contributed by atoms with Crippen LogP contribution in [0.5, 0.6) is 0 Å². The first-order chi connectivity index (χ1) is 13.4. The first-order valence-electron chi connectivity index (χ1n) is 8.03. The summed E-state index contributed by atoms with van der Waals surface area (Å²) in [4.78, 5) is 36.2. The fourth-order valence-electron chi connectivity index (χ4n) is 2.27. The second kappa shape index (κ2) is 8.14. The zero-order valence-corrected chi connectivity index (χ0v) is 15.1. The zero-order valence-electron chi connectivity index (χ0n) is 15.1. The number of nitrogens with zero attached hydrogens (tertiary/aromatic N) is 2. The number of nitriles is 1. The Kier molecular flexibility index (Phi) is 6.06. The topological polar surface area (TPSA) is 104 Å². The van der Waals surface area contributed by atoms with Crippen molar-refractivity contribution in [2.75, 3.05) is 5.32 Å². The molecule has 0 aliphatic rings. The molecule has 152 valence electrons. The third-order valence-electron chi connectivity index (χ3n) is 3.89. The maximum atomic E-state index is 13.3. The number of hydrogen-bond acceptors (Lipinski definition) is 4. The molecule has 1 unspecified atom stereocenters. The second-order valence-electron chi connectivity index (χ2n) is 6.05. The third kappa shape index (κ3) is 4.98. The van der Waals surface area contributed by atoms with Gasteiger partial charge in [-0.15, -0.1) is 0 Å². The van der Waals surface area contributed by atoms with Crippen molar-refractivity contribution >= 4 is 23.3 Å². The van der Waals surface area contributed by atoms with E-state index in [4.69, 9.17) is 5.26 Å². The van der Waals surface area contributed by atoms with Gasteiger partial charge in [0, 0.05) is 18.9 Å². The Bertz CT molecular complexity index is 1020. The van der Waals surface area contributed by atoms with E-state index in [0.29, 0.717) is 6.92 Å². The summed E-state index contributed by atoms with van der Waals surface area (Å²) in [5, 5.41) is 12.7. The Morgan fingerprint density at radius 3 is 2.45 bits per heavy atom. The average molecular weight is 410 g/mol. The monoisotopic (exact) mass is 410 g/mol. The summed E-state index contributed by atoms with van der Waals surface area (Å²) in [6.45, 7) is 0.688. The summed E-state index contributed by atoms with van der Waals surface area (Å²) in [6, 6.07) is 3.73. The molecule has 1 aromatic heterocycles. The van der Waals surface area contributed by atoms with Crippen molar-refractivity contribution in [1.82, 2.24) is 9.88 Å². The first kappa shape index (κ1) is 21.6. The molecule has 0 aliphatic heterocycles. The van der Waals surface area contributed by atoms with Crippen LogP contribution in [0.2, 0.25) is 0 Å². The maximum Gasteiger partial charge on any atom is 0.408 e. The van der Waals surface area contributed by atoms with Gasteiger partial charge in [-0.1, -0.05) is 0 Å². The van der Waals surface area contributed by atoms with Crippen molar-refractivity contribution in [2.45, 2.75) is 19.1 Å². The Labute approximate surface area is 161 Å². The molecular weight excluding hydrogens is 396 g/mol. The van der Waals surface area contributed by atoms with E-state index in [1.807, 2.05) is 0 Å². The van der Waals surface area contributed by atoms with E-state index in [1.54, 1.807) is 11.4 Å². The molecule has 7 nitrogen and oxygen atoms in total. The molecule has 0 bridgehead atoms. The summed E-state index contributed by atoms with van der Waals surface area (Å²) < 4.78 is 52.0. The molecule has 0 saturated heterocycles. The van der Waals surface area contributed by atoms with Crippen LogP contribution >= 0.6 is 0 Å². The SMILES string of the molecule is CC(NC(=O)C(=O)c1cc(C(=O)Nc2ccc(F)c(C#N)c2)cn1C)C(F)(F)F. The van der Waals surface area contributed by atoms with Gasteiger partial charge in [-0.05, 0) is 31.2 Å². The van der Waals surface area contributed by atoms with Crippen molar-refractivity contribution in [3.8, 4) is 6.07 Å². The number of Topliss-reactive ketones (excluding diaryl/α,β-unsaturated/α-hetero) is 1. The lowest BCUT2D eigenvalue weighted by Crippen LogP contribution is -2.46. The average Bonchev–Trinajstić information content (AvgIpc) is 3.03. The minimum absolute atomic E-state index is 0.0737. The van der Waals surface area contributed by atoms with E-state index in [2.05, 4.69) is 5.32 Å². The van der Waals surface area contributed by atoms with Crippen LogP contribution in [0.1, 0.15) is 33.3 Å². The number of benzene rings is 1. The second-order valence-corrected chi connectivity index (χ2v) is 6.05. The van der Waals surface area contributed by atoms with Crippen molar-refractivity contribution in [2.24, 2.45) is 7.05 Å². The van der Waals surface area contributed by atoms with Crippen molar-refractivity contribution in [1.29, 1.82) is 5.26 Å². The van der Waals surface area contributed by atoms with Gasteiger partial charge in [0.15, 0.2) is 0 Å². The molecule has 0 spiro atoms. The van der Waals surface area contributed by atoms with Gasteiger partial charge >= 0.3 is 6.18 Å². The Balaban J connectivity index is 2.17. The number of aromatic nitrogens is 1. The molecule has 1 aromatic carbocycles. The minimum atomic E-state index is -4.72. The van der Waals surface area contributed by atoms with Gasteiger partial charge in [0.2, 0.25) is 0 Å². The number of halogens is 4. The van der Waals surface area contributed by atoms with E-state index < -0.39 is 35.6 Å². The highest BCUT2D eigenvalue weighted by molar-refractivity contribution is 6.42. The lowest BCUT2D eigenvalue weighted by Gasteiger charge is -2.16. The molecule has 0 aliphatic carbocycles. The van der Waals surface area contributed by atoms with Crippen molar-refractivity contribution in [3.63, 3.8) is 0 Å². The van der Waals surface area contributed by atoms with E-state index in [-0.39, 0.29) is 22.5 Å². The Morgan fingerprint density at radius 1 is 1.21 bits per heavy atom. The van der Waals surface area contributed by atoms with Gasteiger partial charge in [-0.2, -0.15) is 18.4 Å². The van der Waals surface area contributed by atoms with Crippen LogP contribution in [0.15, 0.2) is 30.5 Å². The van der Waals surface area contributed by atoms with Crippen molar-refractivity contribution in [3.05, 3.63) is 53.1 Å². The van der Waals surface area contributed by atoms with E-state index in [1.165, 1.54) is 19.3 Å². The number of anilines is 1. The molecule has 0 fully saturated rings. The molecule has 0 saturated carbocycles. The minimum Gasteiger partial charge on any atom is -0.347 e. The highest BCUT2D eigenvalue weighted by atomic mass is 19.4. The number of amides is 2. The number of hydrogen-bond donors (Lipinski definition) is 2. The molecular formula is C18H14F4N4O3. The van der Waals surface area contributed by atoms with Gasteiger partial charge in [-0.3, -0.25) is 14.4 Å². The highest BCUT2D eigenvalue weighted by Crippen LogP contribution is 2.20. The largest absolute Gasteiger partial charge is 0.408 e. The highest BCUT2D eigenvalue weighted by Gasteiger charge is 2.38. The van der Waals surface area contributed by atoms with Gasteiger partial charge in [0.05, 0.1) is 16.8 Å². The van der Waals surface area contributed by atoms with Crippen LogP contribution in [0.3, 0.4) is 0 Å². The normalized spacial score (nSPS) is 12.0. The number of alkyl halides is 3. The number of carbonyl (C=O) groups is 3. The molecule has 1 heterocycles. The number of carbonyl (C=O) groups excluding carboxylic acids is 3. The van der Waals surface area contributed by atoms with Crippen LogP contribution < -0.4 is 10.6 Å². The fourth-order valence-corrected chi connectivity index (χ4v) is 2.27. The van der Waals surface area contributed by atoms with Gasteiger partial charge < -0.3 is 15.2 Å². The van der Waals surface area contributed by atoms with E-state index in [0.717, 1.165) is 22.8 Å². The maximum absolute atomic E-state index is 13.3. The van der Waals surface area contributed by atoms with Crippen LogP contribution in [-0.4, -0.2) is 34.4 Å². The summed E-state index contributed by atoms with van der Waals surface area (Å²) in [6.07, 6.45) is -3.52. The van der Waals surface area contributed by atoms with Crippen LogP contribution in [0.4, 0.5) is 23.2 Å². The Morgan fingerprint density at radius 2 is 1.86 bits per heavy atom. The summed E-state index contributed by atoms with van der Waals surface area (Å²) in [5.74, 6) is -4.23. The lowest BCUT2D eigenvalue weighted by atomic mass is 10.2. The predicted octanol–water partition coefficient (Wildman–Crippen LogP) is 2.54. The fraction of sp³-hybridized carbons (Fsp3) is 0.222. The van der Waals surface area contributed by atoms with Gasteiger partial charge in [0.1, 0.15) is 17.9 Å². The number of rotatable bonds is 5. The predicted molar refractivity (Wildman–Crippen MR) is 92.5 cm³/mol. The summed E-state index contributed by atoms with van der Waals surface area (Å²) in [5.41, 5.74) is -0.558. The molecule has 2 N–H and O–H groups in total. The number of nitrogens with one attached hydrogen (secondary N) is 2. The molecule has 29 heavy (non-hydrogen) atoms. The summed E-state index contributed by atoms with van der Waals surface area (Å²) in [7, 11) is 1.33. The quantitative estimate of drug-likeness (QED) is 0.449. The lowest BCUT2D eigenvalue weighted by molar-refractivity contribution is -0.156. The molecule has 1 atom stereocenters. The van der Waals surface area contributed by atoms with Gasteiger partial charge in [0.25, 0.3) is 17.6 Å². The smallest absolute Gasteiger partial charge is 0.347 e. The van der Waals surface area contributed by atoms with E-state index in [9.17, 15) is 31.9 Å². The molecule has 2 aromatic rings.